The number of hydrogen-bond acceptors (Lipinski definition) is 4. The second kappa shape index (κ2) is 7.22. The molecular weight excluding hydrogens is 288 g/mol. The first kappa shape index (κ1) is 14.8. The molecule has 0 spiro atoms. The van der Waals surface area contributed by atoms with Gasteiger partial charge in [-0.25, -0.2) is 0 Å². The highest BCUT2D eigenvalue weighted by molar-refractivity contribution is 8.22. The zero-order valence-electron chi connectivity index (χ0n) is 11.0. The zero-order chi connectivity index (χ0) is 14.4. The van der Waals surface area contributed by atoms with Gasteiger partial charge in [-0.1, -0.05) is 61.2 Å². The molecule has 1 aromatic rings. The highest BCUT2D eigenvalue weighted by Crippen LogP contribution is 2.37. The predicted molar refractivity (Wildman–Crippen MR) is 85.8 cm³/mol. The van der Waals surface area contributed by atoms with Gasteiger partial charge in [0, 0.05) is 0 Å². The van der Waals surface area contributed by atoms with Crippen LogP contribution in [-0.4, -0.2) is 17.0 Å². The van der Waals surface area contributed by atoms with Gasteiger partial charge in [-0.05, 0) is 11.3 Å². The van der Waals surface area contributed by atoms with Crippen molar-refractivity contribution in [2.24, 2.45) is 0 Å². The van der Waals surface area contributed by atoms with E-state index in [0.29, 0.717) is 0 Å². The quantitative estimate of drug-likeness (QED) is 0.926. The van der Waals surface area contributed by atoms with Crippen molar-refractivity contribution in [1.29, 1.82) is 5.26 Å². The highest BCUT2D eigenvalue weighted by atomic mass is 32.2. The van der Waals surface area contributed by atoms with Gasteiger partial charge >= 0.3 is 0 Å². The van der Waals surface area contributed by atoms with Crippen LogP contribution >= 0.6 is 23.5 Å². The van der Waals surface area contributed by atoms with Gasteiger partial charge in [0.1, 0.15) is 11.6 Å². The molecule has 5 heteroatoms. The Bertz CT molecular complexity index is 588. The van der Waals surface area contributed by atoms with E-state index >= 15 is 0 Å². The van der Waals surface area contributed by atoms with Crippen LogP contribution in [0, 0.1) is 11.3 Å². The van der Waals surface area contributed by atoms with E-state index in [-0.39, 0.29) is 16.9 Å². The van der Waals surface area contributed by atoms with Crippen LogP contribution < -0.4 is 5.32 Å². The number of benzene rings is 1. The highest BCUT2D eigenvalue weighted by Gasteiger charge is 2.26. The molecule has 0 unspecified atom stereocenters. The Kier molecular flexibility index (Phi) is 5.33. The van der Waals surface area contributed by atoms with Crippen molar-refractivity contribution in [2.75, 3.05) is 5.75 Å². The maximum Gasteiger partial charge on any atom is 0.264 e. The van der Waals surface area contributed by atoms with Gasteiger partial charge in [-0.3, -0.25) is 4.79 Å². The lowest BCUT2D eigenvalue weighted by atomic mass is 10.2. The van der Waals surface area contributed by atoms with E-state index in [1.165, 1.54) is 23.5 Å². The summed E-state index contributed by atoms with van der Waals surface area (Å²) in [6.45, 7) is 2.01. The fourth-order valence-corrected chi connectivity index (χ4v) is 3.97. The third kappa shape index (κ3) is 3.69. The summed E-state index contributed by atoms with van der Waals surface area (Å²) in [6, 6.07) is 11.9. The Hall–Kier alpha value is -1.64. The number of rotatable bonds is 4. The second-order valence-electron chi connectivity index (χ2n) is 3.99. The molecule has 102 valence electrons. The molecule has 1 heterocycles. The number of thioether (sulfide) groups is 2. The summed E-state index contributed by atoms with van der Waals surface area (Å²) in [4.78, 5) is 11.9. The first-order valence-electron chi connectivity index (χ1n) is 6.22. The van der Waals surface area contributed by atoms with Gasteiger partial charge in [-0.15, -0.1) is 11.8 Å². The largest absolute Gasteiger partial charge is 0.336 e. The maximum absolute atomic E-state index is 11.9. The molecule has 1 amide bonds. The zero-order valence-corrected chi connectivity index (χ0v) is 12.6. The van der Waals surface area contributed by atoms with Crippen molar-refractivity contribution in [1.82, 2.24) is 5.32 Å². The van der Waals surface area contributed by atoms with Gasteiger partial charge < -0.3 is 5.32 Å². The van der Waals surface area contributed by atoms with Crippen LogP contribution in [0.5, 0.6) is 0 Å². The number of hydrogen-bond donors (Lipinski definition) is 1. The Morgan fingerprint density at radius 3 is 2.85 bits per heavy atom. The van der Waals surface area contributed by atoms with Crippen LogP contribution in [0.3, 0.4) is 0 Å². The molecule has 1 atom stereocenters. The fraction of sp³-hybridized carbons (Fsp3) is 0.200. The van der Waals surface area contributed by atoms with E-state index in [1.54, 1.807) is 0 Å². The molecule has 1 aliphatic heterocycles. The lowest BCUT2D eigenvalue weighted by Gasteiger charge is -2.22. The minimum Gasteiger partial charge on any atom is -0.336 e. The first-order chi connectivity index (χ1) is 9.74. The third-order valence-electron chi connectivity index (χ3n) is 2.59. The average molecular weight is 302 g/mol. The van der Waals surface area contributed by atoms with Crippen molar-refractivity contribution in [3.05, 3.63) is 51.8 Å². The Morgan fingerprint density at radius 2 is 2.20 bits per heavy atom. The van der Waals surface area contributed by atoms with E-state index in [0.717, 1.165) is 15.6 Å². The summed E-state index contributed by atoms with van der Waals surface area (Å²) in [7, 11) is 0. The molecule has 20 heavy (non-hydrogen) atoms. The van der Waals surface area contributed by atoms with Crippen LogP contribution in [0.15, 0.2) is 46.2 Å². The number of amides is 1. The molecule has 1 N–H and O–H groups in total. The van der Waals surface area contributed by atoms with Crippen LogP contribution in [0.25, 0.3) is 6.08 Å². The average Bonchev–Trinajstić information content (AvgIpc) is 2.46. The van der Waals surface area contributed by atoms with Gasteiger partial charge in [0.2, 0.25) is 0 Å². The molecule has 0 fully saturated rings. The lowest BCUT2D eigenvalue weighted by molar-refractivity contribution is -0.117. The third-order valence-corrected chi connectivity index (χ3v) is 4.93. The van der Waals surface area contributed by atoms with E-state index in [9.17, 15) is 4.79 Å². The summed E-state index contributed by atoms with van der Waals surface area (Å²) in [6.07, 6.45) is 3.92. The molecule has 0 saturated carbocycles. The van der Waals surface area contributed by atoms with E-state index in [1.807, 2.05) is 55.5 Å². The lowest BCUT2D eigenvalue weighted by Crippen LogP contribution is -2.35. The molecule has 0 bridgehead atoms. The molecule has 2 rings (SSSR count). The molecule has 0 aromatic heterocycles. The van der Waals surface area contributed by atoms with Gasteiger partial charge in [0.25, 0.3) is 5.91 Å². The standard InChI is InChI=1S/C15H14N2OS2/c1-2-19-15-12(10-16)14(18)17-13(20-15)9-8-11-6-4-3-5-7-11/h3-9,13H,2H2,1H3,(H,17,18)/b9-8+/t13-/m0/s1. The van der Waals surface area contributed by atoms with Crippen molar-refractivity contribution in [3.8, 4) is 6.07 Å². The van der Waals surface area contributed by atoms with Crippen molar-refractivity contribution >= 4 is 35.5 Å². The minimum absolute atomic E-state index is 0.131. The summed E-state index contributed by atoms with van der Waals surface area (Å²) in [5, 5.41) is 11.7. The van der Waals surface area contributed by atoms with Gasteiger partial charge in [0.05, 0.1) is 9.61 Å². The SMILES string of the molecule is CCSC1=C(C#N)C(=O)N[C@H](/C=C/c2ccccc2)S1. The van der Waals surface area contributed by atoms with E-state index in [2.05, 4.69) is 5.32 Å². The van der Waals surface area contributed by atoms with E-state index in [4.69, 9.17) is 5.26 Å². The summed E-state index contributed by atoms with van der Waals surface area (Å²) in [5.74, 6) is 0.556. The second-order valence-corrected chi connectivity index (χ2v) is 6.67. The molecule has 3 nitrogen and oxygen atoms in total. The summed E-state index contributed by atoms with van der Waals surface area (Å²) < 4.78 is 0.807. The number of carbonyl (C=O) groups is 1. The summed E-state index contributed by atoms with van der Waals surface area (Å²) >= 11 is 3.05. The molecule has 0 saturated heterocycles. The van der Waals surface area contributed by atoms with Gasteiger partial charge in [-0.2, -0.15) is 5.26 Å². The molecule has 1 aromatic carbocycles. The Balaban J connectivity index is 2.13. The Labute approximate surface area is 127 Å². The van der Waals surface area contributed by atoms with Crippen LogP contribution in [0.1, 0.15) is 12.5 Å². The summed E-state index contributed by atoms with van der Waals surface area (Å²) in [5.41, 5.74) is 1.31. The normalized spacial score (nSPS) is 19.0. The monoisotopic (exact) mass is 302 g/mol. The number of nitriles is 1. The smallest absolute Gasteiger partial charge is 0.264 e. The van der Waals surface area contributed by atoms with Crippen LogP contribution in [0.4, 0.5) is 0 Å². The number of carbonyl (C=O) groups excluding carboxylic acids is 1. The minimum atomic E-state index is -0.287. The van der Waals surface area contributed by atoms with Gasteiger partial charge in [0.15, 0.2) is 0 Å². The maximum atomic E-state index is 11.9. The van der Waals surface area contributed by atoms with Crippen molar-refractivity contribution in [3.63, 3.8) is 0 Å². The molecule has 0 radical (unpaired) electrons. The topological polar surface area (TPSA) is 52.9 Å². The molecule has 0 aliphatic carbocycles. The predicted octanol–water partition coefficient (Wildman–Crippen LogP) is 3.38. The van der Waals surface area contributed by atoms with Crippen molar-refractivity contribution in [2.45, 2.75) is 12.3 Å². The Morgan fingerprint density at radius 1 is 1.45 bits per heavy atom. The molecule has 1 aliphatic rings. The number of nitrogens with one attached hydrogen (secondary N) is 1. The molecular formula is C15H14N2OS2. The van der Waals surface area contributed by atoms with Crippen molar-refractivity contribution < 1.29 is 4.79 Å². The van der Waals surface area contributed by atoms with Crippen LogP contribution in [0.2, 0.25) is 0 Å². The fourth-order valence-electron chi connectivity index (χ4n) is 1.68. The first-order valence-corrected chi connectivity index (χ1v) is 8.09. The van der Waals surface area contributed by atoms with Crippen LogP contribution in [-0.2, 0) is 4.79 Å². The number of nitrogens with zero attached hydrogens (tertiary/aromatic N) is 1. The van der Waals surface area contributed by atoms with E-state index < -0.39 is 0 Å².